The number of aliphatic hydroxyl groups excluding tert-OH is 8. The Balaban J connectivity index is 1.80. The molecule has 0 aromatic rings. The van der Waals surface area contributed by atoms with Gasteiger partial charge in [0, 0.05) is 6.42 Å². The minimum absolute atomic E-state index is 0.693. The number of esters is 2. The molecule has 0 amide bonds. The topological polar surface area (TPSA) is 267 Å². The fourth-order valence-corrected chi connectivity index (χ4v) is 3.27. The van der Waals surface area contributed by atoms with Gasteiger partial charge in [0.05, 0.1) is 19.6 Å². The zero-order chi connectivity index (χ0) is 26.4. The molecule has 0 saturated carbocycles. The Morgan fingerprint density at radius 3 is 1.43 bits per heavy atom. The van der Waals surface area contributed by atoms with E-state index in [1.807, 2.05) is 0 Å². The van der Waals surface area contributed by atoms with E-state index in [-0.39, 0.29) is 0 Å². The van der Waals surface area contributed by atoms with Crippen LogP contribution in [-0.2, 0) is 38.1 Å². The summed E-state index contributed by atoms with van der Waals surface area (Å²) in [6, 6.07) is 0. The Bertz CT molecular complexity index is 768. The molecule has 0 spiro atoms. The first-order valence-corrected chi connectivity index (χ1v) is 10.5. The third kappa shape index (κ3) is 7.20. The maximum Gasteiger partial charge on any atom is 0.316 e. The SMILES string of the molecule is O=C(CCC(=O)C(=O)CC(=O)OC1O[C@H](CO)[C@H](O)[C@H](O)[C@H]1O)OC1O[C@H](CO)[C@H](O)[C@H](O)[C@H]1O. The largest absolute Gasteiger partial charge is 0.433 e. The second kappa shape index (κ2) is 12.7. The van der Waals surface area contributed by atoms with E-state index in [4.69, 9.17) is 24.4 Å². The highest BCUT2D eigenvalue weighted by molar-refractivity contribution is 6.40. The molecular formula is C19H28O16. The molecule has 10 atom stereocenters. The summed E-state index contributed by atoms with van der Waals surface area (Å²) >= 11 is 0. The molecule has 8 N–H and O–H groups in total. The van der Waals surface area contributed by atoms with Gasteiger partial charge in [-0.15, -0.1) is 0 Å². The van der Waals surface area contributed by atoms with Crippen molar-refractivity contribution in [3.05, 3.63) is 0 Å². The maximum atomic E-state index is 11.9. The first-order chi connectivity index (χ1) is 16.4. The third-order valence-corrected chi connectivity index (χ3v) is 5.36. The van der Waals surface area contributed by atoms with E-state index in [1.54, 1.807) is 0 Å². The van der Waals surface area contributed by atoms with E-state index in [0.717, 1.165) is 0 Å². The molecule has 0 aliphatic carbocycles. The van der Waals surface area contributed by atoms with Gasteiger partial charge >= 0.3 is 11.9 Å². The number of rotatable bonds is 10. The zero-order valence-corrected chi connectivity index (χ0v) is 18.2. The molecule has 0 aromatic carbocycles. The van der Waals surface area contributed by atoms with Crippen molar-refractivity contribution in [2.24, 2.45) is 0 Å². The van der Waals surface area contributed by atoms with Crippen molar-refractivity contribution < 1.29 is 79.0 Å². The van der Waals surface area contributed by atoms with E-state index in [0.29, 0.717) is 0 Å². The lowest BCUT2D eigenvalue weighted by molar-refractivity contribution is -0.292. The van der Waals surface area contributed by atoms with Crippen LogP contribution in [0.2, 0.25) is 0 Å². The molecule has 0 aromatic heterocycles. The summed E-state index contributed by atoms with van der Waals surface area (Å²) in [6.07, 6.45) is -19.6. The van der Waals surface area contributed by atoms with Gasteiger partial charge in [-0.3, -0.25) is 19.2 Å². The van der Waals surface area contributed by atoms with Gasteiger partial charge in [-0.1, -0.05) is 0 Å². The first-order valence-electron chi connectivity index (χ1n) is 10.5. The normalized spacial score (nSPS) is 37.4. The van der Waals surface area contributed by atoms with Gasteiger partial charge in [-0.2, -0.15) is 0 Å². The summed E-state index contributed by atoms with van der Waals surface area (Å²) in [5.74, 6) is -4.93. The summed E-state index contributed by atoms with van der Waals surface area (Å²) in [4.78, 5) is 47.7. The molecule has 16 nitrogen and oxygen atoms in total. The lowest BCUT2D eigenvalue weighted by atomic mass is 9.99. The summed E-state index contributed by atoms with van der Waals surface area (Å²) in [5.41, 5.74) is 0. The minimum Gasteiger partial charge on any atom is -0.433 e. The van der Waals surface area contributed by atoms with E-state index in [9.17, 15) is 49.8 Å². The standard InChI is InChI=1S/C19H28O16/c20-4-8-12(26)14(28)16(30)18(32-8)34-10(24)2-1-6(22)7(23)3-11(25)35-19-17(31)15(29)13(27)9(5-21)33-19/h8-9,12-21,26-31H,1-5H2/t8-,9-,12+,13+,14+,15+,16-,17-,18?,19?/m1/s1. The Labute approximate surface area is 197 Å². The number of aliphatic hydroxyl groups is 8. The predicted molar refractivity (Wildman–Crippen MR) is 104 cm³/mol. The molecule has 2 unspecified atom stereocenters. The molecule has 2 fully saturated rings. The predicted octanol–water partition coefficient (Wildman–Crippen LogP) is -6.02. The lowest BCUT2D eigenvalue weighted by Crippen LogP contribution is -2.59. The van der Waals surface area contributed by atoms with E-state index in [1.165, 1.54) is 0 Å². The molecule has 2 aliphatic rings. The molecule has 35 heavy (non-hydrogen) atoms. The smallest absolute Gasteiger partial charge is 0.316 e. The summed E-state index contributed by atoms with van der Waals surface area (Å²) in [6.45, 7) is -1.54. The Morgan fingerprint density at radius 1 is 0.571 bits per heavy atom. The molecule has 2 rings (SSSR count). The number of hydrogen-bond acceptors (Lipinski definition) is 16. The number of hydrogen-bond donors (Lipinski definition) is 8. The van der Waals surface area contributed by atoms with Crippen molar-refractivity contribution in [3.63, 3.8) is 0 Å². The number of ketones is 2. The van der Waals surface area contributed by atoms with Crippen LogP contribution < -0.4 is 0 Å². The van der Waals surface area contributed by atoms with Crippen LogP contribution in [0.25, 0.3) is 0 Å². The minimum atomic E-state index is -1.90. The maximum absolute atomic E-state index is 11.9. The monoisotopic (exact) mass is 512 g/mol. The van der Waals surface area contributed by atoms with Crippen LogP contribution in [-0.4, -0.2) is 139 Å². The number of Topliss-reactive ketones (excluding diaryl/α,β-unsaturated/α-hetero) is 2. The van der Waals surface area contributed by atoms with Gasteiger partial charge in [0.1, 0.15) is 55.3 Å². The van der Waals surface area contributed by atoms with Gasteiger partial charge < -0.3 is 59.8 Å². The van der Waals surface area contributed by atoms with Crippen LogP contribution in [0.5, 0.6) is 0 Å². The van der Waals surface area contributed by atoms with Crippen molar-refractivity contribution >= 4 is 23.5 Å². The van der Waals surface area contributed by atoms with Crippen LogP contribution in [0.1, 0.15) is 19.3 Å². The molecule has 2 aliphatic heterocycles. The highest BCUT2D eigenvalue weighted by Gasteiger charge is 2.46. The van der Waals surface area contributed by atoms with Gasteiger partial charge in [-0.05, 0) is 0 Å². The average Bonchev–Trinajstić information content (AvgIpc) is 2.82. The van der Waals surface area contributed by atoms with Crippen molar-refractivity contribution in [3.8, 4) is 0 Å². The van der Waals surface area contributed by atoms with Crippen LogP contribution in [0.15, 0.2) is 0 Å². The Hall–Kier alpha value is -2.12. The highest BCUT2D eigenvalue weighted by Crippen LogP contribution is 2.23. The second-order valence-electron chi connectivity index (χ2n) is 7.90. The third-order valence-electron chi connectivity index (χ3n) is 5.36. The van der Waals surface area contributed by atoms with E-state index >= 15 is 0 Å². The number of ether oxygens (including phenoxy) is 4. The zero-order valence-electron chi connectivity index (χ0n) is 18.2. The van der Waals surface area contributed by atoms with Crippen LogP contribution in [0, 0.1) is 0 Å². The van der Waals surface area contributed by atoms with Crippen molar-refractivity contribution in [1.82, 2.24) is 0 Å². The van der Waals surface area contributed by atoms with Gasteiger partial charge in [0.25, 0.3) is 0 Å². The quantitative estimate of drug-likeness (QED) is 0.0768. The first kappa shape index (κ1) is 29.1. The van der Waals surface area contributed by atoms with Gasteiger partial charge in [-0.25, -0.2) is 0 Å². The van der Waals surface area contributed by atoms with Crippen LogP contribution >= 0.6 is 0 Å². The molecule has 200 valence electrons. The van der Waals surface area contributed by atoms with E-state index in [2.05, 4.69) is 4.74 Å². The van der Waals surface area contributed by atoms with Crippen molar-refractivity contribution in [2.45, 2.75) is 80.7 Å². The Kier molecular flexibility index (Phi) is 10.6. The van der Waals surface area contributed by atoms with Crippen LogP contribution in [0.3, 0.4) is 0 Å². The van der Waals surface area contributed by atoms with Crippen molar-refractivity contribution in [2.75, 3.05) is 13.2 Å². The molecule has 0 radical (unpaired) electrons. The summed E-state index contributed by atoms with van der Waals surface area (Å²) in [5, 5.41) is 76.5. The average molecular weight is 512 g/mol. The number of carbonyl (C=O) groups is 4. The highest BCUT2D eigenvalue weighted by atomic mass is 16.7. The lowest BCUT2D eigenvalue weighted by Gasteiger charge is -2.39. The Morgan fingerprint density at radius 2 is 1.00 bits per heavy atom. The fourth-order valence-electron chi connectivity index (χ4n) is 3.27. The van der Waals surface area contributed by atoms with Crippen LogP contribution in [0.4, 0.5) is 0 Å². The fraction of sp³-hybridized carbons (Fsp3) is 0.789. The second-order valence-corrected chi connectivity index (χ2v) is 7.90. The summed E-state index contributed by atoms with van der Waals surface area (Å²) in [7, 11) is 0. The van der Waals surface area contributed by atoms with Gasteiger partial charge in [0.15, 0.2) is 5.78 Å². The number of carbonyl (C=O) groups excluding carboxylic acids is 4. The molecule has 2 saturated heterocycles. The summed E-state index contributed by atoms with van der Waals surface area (Å²) < 4.78 is 19.4. The molecule has 16 heteroatoms. The van der Waals surface area contributed by atoms with Gasteiger partial charge in [0.2, 0.25) is 18.4 Å². The van der Waals surface area contributed by atoms with Crippen molar-refractivity contribution in [1.29, 1.82) is 0 Å². The molecule has 2 heterocycles. The molecule has 0 bridgehead atoms. The van der Waals surface area contributed by atoms with E-state index < -0.39 is 117 Å². The molecular weight excluding hydrogens is 484 g/mol.